The van der Waals surface area contributed by atoms with E-state index in [1.165, 1.54) is 28.1 Å². The SMILES string of the molecule is Cc1ccs[c]1[SnH]. The van der Waals surface area contributed by atoms with Gasteiger partial charge in [0.15, 0.2) is 0 Å². The van der Waals surface area contributed by atoms with Crippen LogP contribution in [0.2, 0.25) is 0 Å². The topological polar surface area (TPSA) is 0 Å². The van der Waals surface area contributed by atoms with E-state index in [-0.39, 0.29) is 0 Å². The predicted octanol–water partition coefficient (Wildman–Crippen LogP) is 0.583. The van der Waals surface area contributed by atoms with E-state index in [4.69, 9.17) is 0 Å². The van der Waals surface area contributed by atoms with E-state index in [9.17, 15) is 0 Å². The predicted molar refractivity (Wildman–Crippen MR) is 35.8 cm³/mol. The van der Waals surface area contributed by atoms with Crippen molar-refractivity contribution in [2.45, 2.75) is 6.92 Å². The van der Waals surface area contributed by atoms with Crippen LogP contribution in [0.15, 0.2) is 11.4 Å². The van der Waals surface area contributed by atoms with E-state index in [2.05, 4.69) is 18.4 Å². The van der Waals surface area contributed by atoms with Gasteiger partial charge in [-0.3, -0.25) is 0 Å². The third-order valence-corrected chi connectivity index (χ3v) is 4.21. The molecule has 0 saturated carbocycles. The maximum atomic E-state index is 2.17. The molecule has 0 atom stereocenters. The zero-order valence-corrected chi connectivity index (χ0v) is 8.25. The van der Waals surface area contributed by atoms with Gasteiger partial charge in [0.1, 0.15) is 0 Å². The summed E-state index contributed by atoms with van der Waals surface area (Å²) < 4.78 is 1.56. The second kappa shape index (κ2) is 2.18. The van der Waals surface area contributed by atoms with Crippen molar-refractivity contribution in [3.8, 4) is 0 Å². The zero-order valence-electron chi connectivity index (χ0n) is 4.14. The molecule has 0 aliphatic heterocycles. The molecule has 1 aromatic rings. The molecule has 0 spiro atoms. The molecule has 0 saturated heterocycles. The van der Waals surface area contributed by atoms with Crippen LogP contribution in [-0.4, -0.2) is 22.5 Å². The Labute approximate surface area is 60.6 Å². The number of rotatable bonds is 0. The van der Waals surface area contributed by atoms with Crippen LogP contribution in [0.4, 0.5) is 0 Å². The van der Waals surface area contributed by atoms with Gasteiger partial charge in [0, 0.05) is 0 Å². The van der Waals surface area contributed by atoms with E-state index < -0.39 is 0 Å². The molecule has 36 valence electrons. The Morgan fingerprint density at radius 1 is 1.71 bits per heavy atom. The Hall–Kier alpha value is 0.499. The molecule has 0 nitrogen and oxygen atoms in total. The second-order valence-corrected chi connectivity index (χ2v) is 5.26. The summed E-state index contributed by atoms with van der Waals surface area (Å²) in [6, 6.07) is 2.17. The number of aryl methyl sites for hydroxylation is 1. The van der Waals surface area contributed by atoms with E-state index in [0.29, 0.717) is 0 Å². The fourth-order valence-electron chi connectivity index (χ4n) is 0.384. The minimum atomic E-state index is 1.28. The van der Waals surface area contributed by atoms with E-state index in [1.54, 1.807) is 2.89 Å². The first-order valence-corrected chi connectivity index (χ1v) is 4.63. The van der Waals surface area contributed by atoms with E-state index in [0.717, 1.165) is 0 Å². The molecule has 2 heteroatoms. The summed E-state index contributed by atoms with van der Waals surface area (Å²) in [5, 5.41) is 2.15. The summed E-state index contributed by atoms with van der Waals surface area (Å²) in [5.41, 5.74) is 1.47. The van der Waals surface area contributed by atoms with E-state index >= 15 is 0 Å². The maximum absolute atomic E-state index is 2.17. The van der Waals surface area contributed by atoms with Gasteiger partial charge in [0.05, 0.1) is 0 Å². The molecule has 0 aliphatic carbocycles. The first kappa shape index (κ1) is 5.63. The normalized spacial score (nSPS) is 9.43. The fraction of sp³-hybridized carbons (Fsp3) is 0.200. The van der Waals surface area contributed by atoms with Gasteiger partial charge >= 0.3 is 60.7 Å². The number of hydrogen-bond donors (Lipinski definition) is 0. The molecule has 0 aromatic carbocycles. The Morgan fingerprint density at radius 2 is 2.43 bits per heavy atom. The molecule has 0 aliphatic rings. The zero-order chi connectivity index (χ0) is 5.28. The van der Waals surface area contributed by atoms with Crippen molar-refractivity contribution >= 4 is 36.8 Å². The quantitative estimate of drug-likeness (QED) is 0.557. The Bertz CT molecular complexity index is 140. The third kappa shape index (κ3) is 1.19. The number of hydrogen-bond acceptors (Lipinski definition) is 1. The van der Waals surface area contributed by atoms with Gasteiger partial charge in [-0.2, -0.15) is 0 Å². The van der Waals surface area contributed by atoms with Crippen LogP contribution in [0.1, 0.15) is 5.56 Å². The molecule has 7 heavy (non-hydrogen) atoms. The summed E-state index contributed by atoms with van der Waals surface area (Å²) in [6.45, 7) is 2.16. The molecule has 0 unspecified atom stereocenters. The van der Waals surface area contributed by atoms with Crippen molar-refractivity contribution in [2.24, 2.45) is 0 Å². The third-order valence-electron chi connectivity index (χ3n) is 0.902. The van der Waals surface area contributed by atoms with Gasteiger partial charge < -0.3 is 0 Å². The van der Waals surface area contributed by atoms with E-state index in [1.807, 2.05) is 11.3 Å². The van der Waals surface area contributed by atoms with Crippen molar-refractivity contribution in [1.29, 1.82) is 0 Å². The minimum absolute atomic E-state index is 1.28. The van der Waals surface area contributed by atoms with Crippen molar-refractivity contribution < 1.29 is 0 Å². The van der Waals surface area contributed by atoms with Crippen molar-refractivity contribution in [3.05, 3.63) is 17.0 Å². The summed E-state index contributed by atoms with van der Waals surface area (Å²) in [7, 11) is 0. The standard InChI is InChI=1S/C5H5S.Sn.H/c1-5-2-3-6-4-5;;/h2-3H,1H3;;. The average molecular weight is 217 g/mol. The molecule has 1 aromatic heterocycles. The van der Waals surface area contributed by atoms with Gasteiger partial charge in [-0.15, -0.1) is 0 Å². The number of thiophene rings is 1. The molecule has 0 fully saturated rings. The van der Waals surface area contributed by atoms with Crippen LogP contribution >= 0.6 is 11.3 Å². The average Bonchev–Trinajstić information content (AvgIpc) is 1.91. The summed E-state index contributed by atoms with van der Waals surface area (Å²) in [6.07, 6.45) is 0. The van der Waals surface area contributed by atoms with Crippen LogP contribution in [-0.2, 0) is 0 Å². The molecule has 1 rings (SSSR count). The fourth-order valence-corrected chi connectivity index (χ4v) is 2.00. The van der Waals surface area contributed by atoms with Crippen molar-refractivity contribution in [1.82, 2.24) is 0 Å². The summed E-state index contributed by atoms with van der Waals surface area (Å²) >= 11 is 3.14. The van der Waals surface area contributed by atoms with Gasteiger partial charge in [-0.25, -0.2) is 0 Å². The molecule has 2 radical (unpaired) electrons. The summed E-state index contributed by atoms with van der Waals surface area (Å²) in [5.74, 6) is 0. The van der Waals surface area contributed by atoms with Crippen LogP contribution in [0, 0.1) is 6.92 Å². The second-order valence-electron chi connectivity index (χ2n) is 1.47. The van der Waals surface area contributed by atoms with Crippen LogP contribution in [0.3, 0.4) is 0 Å². The molecule has 0 amide bonds. The van der Waals surface area contributed by atoms with Gasteiger partial charge in [0.25, 0.3) is 0 Å². The van der Waals surface area contributed by atoms with Crippen molar-refractivity contribution in [2.75, 3.05) is 0 Å². The van der Waals surface area contributed by atoms with Crippen LogP contribution in [0.25, 0.3) is 0 Å². The van der Waals surface area contributed by atoms with Crippen LogP contribution in [0.5, 0.6) is 0 Å². The Balaban J connectivity index is 3.12. The molecular formula is C5H6SSn. The Kier molecular flexibility index (Phi) is 1.75. The monoisotopic (exact) mass is 218 g/mol. The first-order chi connectivity index (χ1) is 3.30. The first-order valence-electron chi connectivity index (χ1n) is 2.10. The molecular weight excluding hydrogens is 211 g/mol. The van der Waals surface area contributed by atoms with Gasteiger partial charge in [0.2, 0.25) is 0 Å². The van der Waals surface area contributed by atoms with Gasteiger partial charge in [-0.1, -0.05) is 0 Å². The van der Waals surface area contributed by atoms with Crippen molar-refractivity contribution in [3.63, 3.8) is 0 Å². The van der Waals surface area contributed by atoms with Crippen LogP contribution < -0.4 is 2.89 Å². The molecule has 1 heterocycles. The molecule has 0 N–H and O–H groups in total. The molecule has 0 bridgehead atoms. The van der Waals surface area contributed by atoms with Gasteiger partial charge in [-0.05, 0) is 0 Å². The summed E-state index contributed by atoms with van der Waals surface area (Å²) in [4.78, 5) is 0. The Morgan fingerprint density at radius 3 is 2.57 bits per heavy atom.